The van der Waals surface area contributed by atoms with Crippen molar-refractivity contribution in [2.24, 2.45) is 0 Å². The molecule has 112 valence electrons. The molecule has 0 saturated carbocycles. The summed E-state index contributed by atoms with van der Waals surface area (Å²) in [6.45, 7) is 6.60. The van der Waals surface area contributed by atoms with Gasteiger partial charge in [0.2, 0.25) is 5.88 Å². The van der Waals surface area contributed by atoms with Crippen molar-refractivity contribution in [1.82, 2.24) is 9.97 Å². The van der Waals surface area contributed by atoms with Gasteiger partial charge in [-0.15, -0.1) is 0 Å². The van der Waals surface area contributed by atoms with Crippen LogP contribution in [-0.4, -0.2) is 16.5 Å². The van der Waals surface area contributed by atoms with Gasteiger partial charge in [0, 0.05) is 23.5 Å². The van der Waals surface area contributed by atoms with E-state index in [1.807, 2.05) is 20.8 Å². The number of halogens is 2. The molecule has 0 unspecified atom stereocenters. The lowest BCUT2D eigenvalue weighted by Crippen LogP contribution is -2.07. The molecule has 0 saturated heterocycles. The topological polar surface area (TPSA) is 47.0 Å². The molecule has 0 fully saturated rings. The van der Waals surface area contributed by atoms with Crippen molar-refractivity contribution in [1.29, 1.82) is 0 Å². The number of anilines is 1. The fraction of sp³-hybridized carbons (Fsp3) is 0.333. The third kappa shape index (κ3) is 3.91. The number of rotatable bonds is 5. The molecule has 1 aromatic heterocycles. The van der Waals surface area contributed by atoms with E-state index in [0.717, 1.165) is 17.9 Å². The average molecular weight is 354 g/mol. The number of ether oxygens (including phenoxy) is 1. The van der Waals surface area contributed by atoms with Gasteiger partial charge in [0.25, 0.3) is 0 Å². The minimum atomic E-state index is -0.367. The highest BCUT2D eigenvalue weighted by Crippen LogP contribution is 2.29. The van der Waals surface area contributed by atoms with Crippen molar-refractivity contribution in [3.8, 4) is 11.6 Å². The Bertz CT molecular complexity index is 629. The van der Waals surface area contributed by atoms with E-state index in [9.17, 15) is 4.39 Å². The molecule has 0 spiro atoms. The fourth-order valence-corrected chi connectivity index (χ4v) is 2.28. The van der Waals surface area contributed by atoms with E-state index in [0.29, 0.717) is 28.3 Å². The highest BCUT2D eigenvalue weighted by Gasteiger charge is 2.12. The first kappa shape index (κ1) is 15.7. The molecule has 0 atom stereocenters. The van der Waals surface area contributed by atoms with Crippen molar-refractivity contribution in [3.63, 3.8) is 0 Å². The summed E-state index contributed by atoms with van der Waals surface area (Å²) >= 11 is 3.25. The van der Waals surface area contributed by atoms with Crippen LogP contribution in [0.4, 0.5) is 10.2 Å². The van der Waals surface area contributed by atoms with Crippen LogP contribution in [0.25, 0.3) is 0 Å². The van der Waals surface area contributed by atoms with Gasteiger partial charge in [0.1, 0.15) is 23.2 Å². The zero-order chi connectivity index (χ0) is 15.4. The van der Waals surface area contributed by atoms with Crippen LogP contribution in [0.5, 0.6) is 11.6 Å². The average Bonchev–Trinajstić information content (AvgIpc) is 2.42. The number of hydrogen-bond acceptors (Lipinski definition) is 4. The summed E-state index contributed by atoms with van der Waals surface area (Å²) in [5.74, 6) is 1.90. The number of nitrogens with zero attached hydrogens (tertiary/aromatic N) is 2. The first-order valence-corrected chi connectivity index (χ1v) is 7.58. The van der Waals surface area contributed by atoms with Crippen LogP contribution in [0.1, 0.15) is 25.2 Å². The molecule has 2 aromatic rings. The third-order valence-corrected chi connectivity index (χ3v) is 3.32. The van der Waals surface area contributed by atoms with Crippen LogP contribution in [0.2, 0.25) is 0 Å². The van der Waals surface area contributed by atoms with Crippen molar-refractivity contribution < 1.29 is 9.13 Å². The Balaban J connectivity index is 2.40. The lowest BCUT2D eigenvalue weighted by Gasteiger charge is -2.13. The van der Waals surface area contributed by atoms with E-state index in [4.69, 9.17) is 4.74 Å². The number of benzene rings is 1. The second kappa shape index (κ2) is 6.85. The molecule has 0 aliphatic carbocycles. The summed E-state index contributed by atoms with van der Waals surface area (Å²) in [5, 5.41) is 3.19. The second-order valence-corrected chi connectivity index (χ2v) is 5.43. The molecule has 1 aromatic carbocycles. The highest BCUT2D eigenvalue weighted by atomic mass is 79.9. The maximum Gasteiger partial charge on any atom is 0.227 e. The normalized spacial score (nSPS) is 10.5. The van der Waals surface area contributed by atoms with E-state index in [2.05, 4.69) is 31.2 Å². The minimum absolute atomic E-state index is 0.367. The van der Waals surface area contributed by atoms with Gasteiger partial charge in [0.05, 0.1) is 5.56 Å². The quantitative estimate of drug-likeness (QED) is 0.861. The molecule has 0 bridgehead atoms. The van der Waals surface area contributed by atoms with Crippen molar-refractivity contribution in [2.75, 3.05) is 11.9 Å². The standard InChI is InChI=1S/C15H17BrFN3O/c1-4-13-19-14(18-5-2)9(3)15(20-13)21-12-7-10(16)6-11(17)8-12/h6-8H,4-5H2,1-3H3,(H,18,19,20). The second-order valence-electron chi connectivity index (χ2n) is 4.51. The minimum Gasteiger partial charge on any atom is -0.438 e. The zero-order valence-electron chi connectivity index (χ0n) is 12.2. The highest BCUT2D eigenvalue weighted by molar-refractivity contribution is 9.10. The first-order chi connectivity index (χ1) is 10.0. The van der Waals surface area contributed by atoms with E-state index < -0.39 is 0 Å². The van der Waals surface area contributed by atoms with Crippen molar-refractivity contribution in [3.05, 3.63) is 39.9 Å². The molecule has 1 heterocycles. The van der Waals surface area contributed by atoms with Crippen LogP contribution in [-0.2, 0) is 6.42 Å². The van der Waals surface area contributed by atoms with Crippen LogP contribution in [0, 0.1) is 12.7 Å². The first-order valence-electron chi connectivity index (χ1n) is 6.78. The van der Waals surface area contributed by atoms with Gasteiger partial charge in [-0.2, -0.15) is 4.98 Å². The lowest BCUT2D eigenvalue weighted by molar-refractivity contribution is 0.450. The van der Waals surface area contributed by atoms with E-state index >= 15 is 0 Å². The number of hydrogen-bond donors (Lipinski definition) is 1. The van der Waals surface area contributed by atoms with Gasteiger partial charge in [0.15, 0.2) is 0 Å². The molecule has 6 heteroatoms. The Morgan fingerprint density at radius 2 is 2.00 bits per heavy atom. The summed E-state index contributed by atoms with van der Waals surface area (Å²) in [7, 11) is 0. The van der Waals surface area contributed by atoms with Gasteiger partial charge >= 0.3 is 0 Å². The number of aromatic nitrogens is 2. The summed E-state index contributed by atoms with van der Waals surface area (Å²) in [4.78, 5) is 8.81. The smallest absolute Gasteiger partial charge is 0.227 e. The van der Waals surface area contributed by atoms with Gasteiger partial charge in [-0.3, -0.25) is 0 Å². The van der Waals surface area contributed by atoms with Gasteiger partial charge in [-0.1, -0.05) is 22.9 Å². The summed E-state index contributed by atoms with van der Waals surface area (Å²) < 4.78 is 19.8. The van der Waals surface area contributed by atoms with E-state index in [1.54, 1.807) is 6.07 Å². The van der Waals surface area contributed by atoms with Crippen LogP contribution < -0.4 is 10.1 Å². The Labute approximate surface area is 131 Å². The van der Waals surface area contributed by atoms with Crippen LogP contribution >= 0.6 is 15.9 Å². The van der Waals surface area contributed by atoms with Gasteiger partial charge < -0.3 is 10.1 Å². The molecule has 0 aliphatic rings. The van der Waals surface area contributed by atoms with Crippen molar-refractivity contribution in [2.45, 2.75) is 27.2 Å². The molecule has 2 rings (SSSR count). The maximum absolute atomic E-state index is 13.4. The fourth-order valence-electron chi connectivity index (χ4n) is 1.84. The maximum atomic E-state index is 13.4. The Hall–Kier alpha value is -1.69. The molecule has 0 aliphatic heterocycles. The SMILES string of the molecule is CCNc1nc(CC)nc(Oc2cc(F)cc(Br)c2)c1C. The Morgan fingerprint density at radius 3 is 2.62 bits per heavy atom. The third-order valence-electron chi connectivity index (χ3n) is 2.86. The molecule has 4 nitrogen and oxygen atoms in total. The predicted octanol–water partition coefficient (Wildman–Crippen LogP) is 4.47. The Kier molecular flexibility index (Phi) is 5.12. The largest absolute Gasteiger partial charge is 0.438 e. The molecular formula is C15H17BrFN3O. The Morgan fingerprint density at radius 1 is 1.24 bits per heavy atom. The van der Waals surface area contributed by atoms with Crippen LogP contribution in [0.3, 0.4) is 0 Å². The molecule has 21 heavy (non-hydrogen) atoms. The van der Waals surface area contributed by atoms with Crippen LogP contribution in [0.15, 0.2) is 22.7 Å². The molecule has 1 N–H and O–H groups in total. The number of nitrogens with one attached hydrogen (secondary N) is 1. The zero-order valence-corrected chi connectivity index (χ0v) is 13.8. The monoisotopic (exact) mass is 353 g/mol. The van der Waals surface area contributed by atoms with E-state index in [1.165, 1.54) is 12.1 Å². The van der Waals surface area contributed by atoms with Gasteiger partial charge in [-0.05, 0) is 26.0 Å². The summed E-state index contributed by atoms with van der Waals surface area (Å²) in [6.07, 6.45) is 0.696. The predicted molar refractivity (Wildman–Crippen MR) is 84.5 cm³/mol. The van der Waals surface area contributed by atoms with Gasteiger partial charge in [-0.25, -0.2) is 9.37 Å². The molecular weight excluding hydrogens is 337 g/mol. The summed E-state index contributed by atoms with van der Waals surface area (Å²) in [5.41, 5.74) is 0.800. The molecule has 0 radical (unpaired) electrons. The lowest BCUT2D eigenvalue weighted by atomic mass is 10.3. The number of aryl methyl sites for hydroxylation is 1. The molecule has 0 amide bonds. The summed E-state index contributed by atoms with van der Waals surface area (Å²) in [6, 6.07) is 4.40. The van der Waals surface area contributed by atoms with E-state index in [-0.39, 0.29) is 5.82 Å². The van der Waals surface area contributed by atoms with Crippen molar-refractivity contribution >= 4 is 21.7 Å².